The SMILES string of the molecule is CC(C)c1ccc(N2C(=O)C(Cl)=C(Nc3ccc(C(=O)Nc4nccs4)cc3)C2=O)cc1. The van der Waals surface area contributed by atoms with Gasteiger partial charge in [0.05, 0.1) is 5.69 Å². The summed E-state index contributed by atoms with van der Waals surface area (Å²) in [6, 6.07) is 13.7. The molecule has 3 amide bonds. The molecule has 0 fully saturated rings. The summed E-state index contributed by atoms with van der Waals surface area (Å²) in [5.74, 6) is -1.09. The van der Waals surface area contributed by atoms with Crippen molar-refractivity contribution in [3.05, 3.63) is 82.0 Å². The largest absolute Gasteiger partial charge is 0.350 e. The van der Waals surface area contributed by atoms with E-state index in [1.54, 1.807) is 48.0 Å². The molecule has 2 heterocycles. The lowest BCUT2D eigenvalue weighted by molar-refractivity contribution is -0.120. The topological polar surface area (TPSA) is 91.4 Å². The third kappa shape index (κ3) is 4.28. The second-order valence-electron chi connectivity index (χ2n) is 7.37. The van der Waals surface area contributed by atoms with Gasteiger partial charge in [-0.3, -0.25) is 19.7 Å². The first-order chi connectivity index (χ1) is 15.3. The first-order valence-electron chi connectivity index (χ1n) is 9.81. The number of thiazole rings is 1. The Balaban J connectivity index is 1.48. The molecule has 162 valence electrons. The van der Waals surface area contributed by atoms with Gasteiger partial charge in [-0.2, -0.15) is 0 Å². The van der Waals surface area contributed by atoms with Gasteiger partial charge in [0.2, 0.25) is 0 Å². The van der Waals surface area contributed by atoms with E-state index in [1.807, 2.05) is 12.1 Å². The molecule has 9 heteroatoms. The summed E-state index contributed by atoms with van der Waals surface area (Å²) in [6.45, 7) is 4.13. The highest BCUT2D eigenvalue weighted by Gasteiger charge is 2.38. The fourth-order valence-corrected chi connectivity index (χ4v) is 3.89. The molecule has 0 bridgehead atoms. The Bertz CT molecular complexity index is 1200. The highest BCUT2D eigenvalue weighted by molar-refractivity contribution is 7.13. The van der Waals surface area contributed by atoms with Gasteiger partial charge in [-0.25, -0.2) is 9.88 Å². The standard InChI is InChI=1S/C23H19ClN4O3S/c1-13(2)14-5-9-17(10-6-14)28-21(30)18(24)19(22(28)31)26-16-7-3-15(4-8-16)20(29)27-23-25-11-12-32-23/h3-13,26H,1-2H3,(H,25,27,29). The second-order valence-corrected chi connectivity index (χ2v) is 8.65. The lowest BCUT2D eigenvalue weighted by Crippen LogP contribution is -2.32. The predicted molar refractivity (Wildman–Crippen MR) is 126 cm³/mol. The lowest BCUT2D eigenvalue weighted by atomic mass is 10.0. The third-order valence-corrected chi connectivity index (χ3v) is 5.95. The zero-order valence-corrected chi connectivity index (χ0v) is 18.8. The van der Waals surface area contributed by atoms with Crippen LogP contribution in [0.5, 0.6) is 0 Å². The van der Waals surface area contributed by atoms with Crippen molar-refractivity contribution >= 4 is 57.2 Å². The van der Waals surface area contributed by atoms with Crippen LogP contribution >= 0.6 is 22.9 Å². The highest BCUT2D eigenvalue weighted by Crippen LogP contribution is 2.31. The molecule has 0 saturated carbocycles. The Kier molecular flexibility index (Phi) is 6.07. The maximum atomic E-state index is 12.9. The number of hydrogen-bond donors (Lipinski definition) is 2. The number of nitrogens with one attached hydrogen (secondary N) is 2. The predicted octanol–water partition coefficient (Wildman–Crippen LogP) is 4.95. The number of benzene rings is 2. The molecule has 2 N–H and O–H groups in total. The van der Waals surface area contributed by atoms with Crippen LogP contribution in [-0.4, -0.2) is 22.7 Å². The molecule has 0 radical (unpaired) electrons. The average Bonchev–Trinajstić information content (AvgIpc) is 3.37. The summed E-state index contributed by atoms with van der Waals surface area (Å²) < 4.78 is 0. The van der Waals surface area contributed by atoms with Crippen LogP contribution in [0.3, 0.4) is 0 Å². The minimum Gasteiger partial charge on any atom is -0.350 e. The van der Waals surface area contributed by atoms with Gasteiger partial charge in [-0.15, -0.1) is 11.3 Å². The summed E-state index contributed by atoms with van der Waals surface area (Å²) in [5.41, 5.74) is 2.48. The highest BCUT2D eigenvalue weighted by atomic mass is 35.5. The van der Waals surface area contributed by atoms with Gasteiger partial charge in [-0.05, 0) is 47.9 Å². The molecule has 3 aromatic rings. The van der Waals surface area contributed by atoms with E-state index >= 15 is 0 Å². The smallest absolute Gasteiger partial charge is 0.283 e. The van der Waals surface area contributed by atoms with Crippen molar-refractivity contribution in [1.82, 2.24) is 4.98 Å². The maximum absolute atomic E-state index is 12.9. The Morgan fingerprint density at radius 2 is 1.72 bits per heavy atom. The van der Waals surface area contributed by atoms with Crippen molar-refractivity contribution < 1.29 is 14.4 Å². The zero-order valence-electron chi connectivity index (χ0n) is 17.3. The van der Waals surface area contributed by atoms with Crippen LogP contribution in [0, 0.1) is 0 Å². The van der Waals surface area contributed by atoms with Crippen molar-refractivity contribution in [2.24, 2.45) is 0 Å². The molecule has 1 aliphatic heterocycles. The van der Waals surface area contributed by atoms with Gasteiger partial charge in [0.25, 0.3) is 17.7 Å². The van der Waals surface area contributed by atoms with Crippen LogP contribution in [0.25, 0.3) is 0 Å². The fourth-order valence-electron chi connectivity index (χ4n) is 3.16. The lowest BCUT2D eigenvalue weighted by Gasteiger charge is -2.16. The number of hydrogen-bond acceptors (Lipinski definition) is 6. The maximum Gasteiger partial charge on any atom is 0.283 e. The average molecular weight is 467 g/mol. The van der Waals surface area contributed by atoms with Crippen LogP contribution in [0.4, 0.5) is 16.5 Å². The van der Waals surface area contributed by atoms with E-state index in [2.05, 4.69) is 29.5 Å². The molecule has 1 aliphatic rings. The Morgan fingerprint density at radius 3 is 2.31 bits per heavy atom. The number of carbonyl (C=O) groups is 3. The minimum atomic E-state index is -0.587. The van der Waals surface area contributed by atoms with Crippen molar-refractivity contribution in [3.8, 4) is 0 Å². The van der Waals surface area contributed by atoms with E-state index < -0.39 is 11.8 Å². The number of amides is 3. The molecule has 0 atom stereocenters. The van der Waals surface area contributed by atoms with E-state index in [0.717, 1.165) is 10.5 Å². The van der Waals surface area contributed by atoms with E-state index in [4.69, 9.17) is 11.6 Å². The van der Waals surface area contributed by atoms with Crippen molar-refractivity contribution in [2.45, 2.75) is 19.8 Å². The minimum absolute atomic E-state index is 0.00964. The third-order valence-electron chi connectivity index (χ3n) is 4.91. The number of halogens is 1. The number of aromatic nitrogens is 1. The van der Waals surface area contributed by atoms with Gasteiger partial charge >= 0.3 is 0 Å². The molecule has 0 saturated heterocycles. The summed E-state index contributed by atoms with van der Waals surface area (Å²) in [4.78, 5) is 42.9. The molecule has 7 nitrogen and oxygen atoms in total. The van der Waals surface area contributed by atoms with Crippen LogP contribution in [0.15, 0.2) is 70.8 Å². The Labute approximate surface area is 193 Å². The first-order valence-corrected chi connectivity index (χ1v) is 11.1. The quantitative estimate of drug-likeness (QED) is 0.501. The Hall–Kier alpha value is -3.49. The molecular formula is C23H19ClN4O3S. The molecule has 1 aromatic heterocycles. The number of nitrogens with zero attached hydrogens (tertiary/aromatic N) is 2. The number of rotatable bonds is 6. The second kappa shape index (κ2) is 8.94. The summed E-state index contributed by atoms with van der Waals surface area (Å²) >= 11 is 7.52. The first kappa shape index (κ1) is 21.7. The van der Waals surface area contributed by atoms with Crippen LogP contribution < -0.4 is 15.5 Å². The summed E-state index contributed by atoms with van der Waals surface area (Å²) in [7, 11) is 0. The summed E-state index contributed by atoms with van der Waals surface area (Å²) in [5, 5.41) is 7.69. The van der Waals surface area contributed by atoms with E-state index in [0.29, 0.717) is 28.0 Å². The van der Waals surface area contributed by atoms with Crippen molar-refractivity contribution in [3.63, 3.8) is 0 Å². The molecule has 2 aromatic carbocycles. The molecule has 0 unspecified atom stereocenters. The molecule has 0 spiro atoms. The van der Waals surface area contributed by atoms with Crippen LogP contribution in [-0.2, 0) is 9.59 Å². The van der Waals surface area contributed by atoms with E-state index in [9.17, 15) is 14.4 Å². The van der Waals surface area contributed by atoms with Gasteiger partial charge in [0.15, 0.2) is 5.13 Å². The van der Waals surface area contributed by atoms with Gasteiger partial charge in [0, 0.05) is 22.8 Å². The molecule has 4 rings (SSSR count). The number of imide groups is 1. The van der Waals surface area contributed by atoms with Crippen LogP contribution in [0.2, 0.25) is 0 Å². The van der Waals surface area contributed by atoms with Crippen molar-refractivity contribution in [2.75, 3.05) is 15.5 Å². The van der Waals surface area contributed by atoms with E-state index in [-0.39, 0.29) is 16.6 Å². The fraction of sp³-hybridized carbons (Fsp3) is 0.130. The molecule has 0 aliphatic carbocycles. The van der Waals surface area contributed by atoms with E-state index in [1.165, 1.54) is 11.3 Å². The van der Waals surface area contributed by atoms with Gasteiger partial charge in [-0.1, -0.05) is 37.6 Å². The number of carbonyl (C=O) groups excluding carboxylic acids is 3. The molecular weight excluding hydrogens is 448 g/mol. The zero-order chi connectivity index (χ0) is 22.8. The number of anilines is 3. The normalized spacial score (nSPS) is 13.8. The summed E-state index contributed by atoms with van der Waals surface area (Å²) in [6.07, 6.45) is 1.60. The monoisotopic (exact) mass is 466 g/mol. The molecule has 32 heavy (non-hydrogen) atoms. The van der Waals surface area contributed by atoms with Gasteiger partial charge in [0.1, 0.15) is 10.7 Å². The van der Waals surface area contributed by atoms with Crippen LogP contribution in [0.1, 0.15) is 35.7 Å². The Morgan fingerprint density at radius 1 is 1.03 bits per heavy atom. The van der Waals surface area contributed by atoms with Crippen molar-refractivity contribution in [1.29, 1.82) is 0 Å². The van der Waals surface area contributed by atoms with Gasteiger partial charge < -0.3 is 5.32 Å².